The lowest BCUT2D eigenvalue weighted by atomic mass is 9.80. The summed E-state index contributed by atoms with van der Waals surface area (Å²) in [6.45, 7) is 2.23. The molecule has 1 rings (SSSR count). The number of hydrogen-bond donors (Lipinski definition) is 0. The number of nitrogens with zero attached hydrogens (tertiary/aromatic N) is 1. The van der Waals surface area contributed by atoms with Crippen molar-refractivity contribution in [2.24, 2.45) is 11.8 Å². The molecule has 0 heterocycles. The molecular weight excluding hydrogens is 150 g/mol. The summed E-state index contributed by atoms with van der Waals surface area (Å²) in [5.74, 6) is 1.13. The van der Waals surface area contributed by atoms with Crippen molar-refractivity contribution in [1.82, 2.24) is 0 Å². The lowest BCUT2D eigenvalue weighted by Crippen LogP contribution is -2.20. The van der Waals surface area contributed by atoms with Gasteiger partial charge in [0.25, 0.3) is 0 Å². The van der Waals surface area contributed by atoms with Crippen LogP contribution in [0.15, 0.2) is 0 Å². The highest BCUT2D eigenvalue weighted by atomic mass is 16.1. The van der Waals surface area contributed by atoms with Crippen LogP contribution in [0.1, 0.15) is 39.0 Å². The maximum Gasteiger partial charge on any atom is 0.149 e. The van der Waals surface area contributed by atoms with Gasteiger partial charge in [-0.2, -0.15) is 5.26 Å². The third-order valence-corrected chi connectivity index (χ3v) is 2.72. The van der Waals surface area contributed by atoms with E-state index < -0.39 is 0 Å². The topological polar surface area (TPSA) is 40.9 Å². The number of carbonyl (C=O) groups excluding carboxylic acids is 1. The predicted molar refractivity (Wildman–Crippen MR) is 46.4 cm³/mol. The second kappa shape index (κ2) is 4.25. The van der Waals surface area contributed by atoms with Crippen molar-refractivity contribution in [2.75, 3.05) is 0 Å². The number of rotatable bonds is 2. The van der Waals surface area contributed by atoms with E-state index in [1.165, 1.54) is 0 Å². The van der Waals surface area contributed by atoms with Crippen LogP contribution >= 0.6 is 0 Å². The van der Waals surface area contributed by atoms with Gasteiger partial charge in [0.2, 0.25) is 0 Å². The largest absolute Gasteiger partial charge is 0.298 e. The number of nitriles is 1. The van der Waals surface area contributed by atoms with Crippen molar-refractivity contribution in [1.29, 1.82) is 5.26 Å². The molecule has 0 aromatic rings. The predicted octanol–water partition coefficient (Wildman–Crippen LogP) is 2.30. The van der Waals surface area contributed by atoms with Crippen LogP contribution in [0.2, 0.25) is 0 Å². The van der Waals surface area contributed by atoms with Gasteiger partial charge in [-0.1, -0.05) is 19.8 Å². The Labute approximate surface area is 73.6 Å². The molecule has 0 atom stereocenters. The summed E-state index contributed by atoms with van der Waals surface area (Å²) in [4.78, 5) is 11.3. The van der Waals surface area contributed by atoms with Gasteiger partial charge in [-0.25, -0.2) is 0 Å². The zero-order valence-electron chi connectivity index (χ0n) is 7.55. The van der Waals surface area contributed by atoms with Crippen molar-refractivity contribution < 1.29 is 4.79 Å². The zero-order chi connectivity index (χ0) is 8.97. The van der Waals surface area contributed by atoms with Gasteiger partial charge in [-0.3, -0.25) is 4.79 Å². The second-order valence-electron chi connectivity index (χ2n) is 3.76. The molecule has 0 saturated heterocycles. The van der Waals surface area contributed by atoms with E-state index in [0.717, 1.165) is 31.6 Å². The van der Waals surface area contributed by atoms with Crippen molar-refractivity contribution >= 4 is 5.78 Å². The van der Waals surface area contributed by atoms with Gasteiger partial charge >= 0.3 is 0 Å². The Morgan fingerprint density at radius 1 is 1.42 bits per heavy atom. The maximum absolute atomic E-state index is 11.3. The molecule has 0 radical (unpaired) electrons. The molecule has 0 aromatic heterocycles. The minimum Gasteiger partial charge on any atom is -0.298 e. The van der Waals surface area contributed by atoms with Gasteiger partial charge in [0.15, 0.2) is 0 Å². The van der Waals surface area contributed by atoms with Crippen LogP contribution in [-0.2, 0) is 4.79 Å². The number of carbonyl (C=O) groups is 1. The molecule has 1 aliphatic carbocycles. The third kappa shape index (κ3) is 2.34. The third-order valence-electron chi connectivity index (χ3n) is 2.72. The van der Waals surface area contributed by atoms with Crippen LogP contribution in [0.5, 0.6) is 0 Å². The van der Waals surface area contributed by atoms with Crippen molar-refractivity contribution in [3.63, 3.8) is 0 Å². The summed E-state index contributed by atoms with van der Waals surface area (Å²) >= 11 is 0. The molecule has 0 bridgehead atoms. The summed E-state index contributed by atoms with van der Waals surface area (Å²) in [5, 5.41) is 8.35. The van der Waals surface area contributed by atoms with Crippen LogP contribution in [-0.4, -0.2) is 5.78 Å². The Morgan fingerprint density at radius 2 is 2.00 bits per heavy atom. The number of hydrogen-bond acceptors (Lipinski definition) is 2. The Hall–Kier alpha value is -0.840. The second-order valence-corrected chi connectivity index (χ2v) is 3.76. The SMILES string of the molecule is CC1CCC(C(=O)CC#N)CC1. The van der Waals surface area contributed by atoms with Crippen LogP contribution in [0.25, 0.3) is 0 Å². The van der Waals surface area contributed by atoms with Gasteiger partial charge in [-0.15, -0.1) is 0 Å². The molecule has 0 spiro atoms. The monoisotopic (exact) mass is 165 g/mol. The Bertz CT molecular complexity index is 196. The molecule has 2 nitrogen and oxygen atoms in total. The van der Waals surface area contributed by atoms with Crippen molar-refractivity contribution in [2.45, 2.75) is 39.0 Å². The minimum atomic E-state index is 0.110. The van der Waals surface area contributed by atoms with E-state index in [0.29, 0.717) is 0 Å². The Balaban J connectivity index is 2.35. The van der Waals surface area contributed by atoms with Crippen LogP contribution in [0.3, 0.4) is 0 Å². The van der Waals surface area contributed by atoms with Gasteiger partial charge < -0.3 is 0 Å². The van der Waals surface area contributed by atoms with Gasteiger partial charge in [-0.05, 0) is 18.8 Å². The van der Waals surface area contributed by atoms with Crippen LogP contribution in [0, 0.1) is 23.2 Å². The first-order chi connectivity index (χ1) is 5.74. The molecule has 0 unspecified atom stereocenters. The average Bonchev–Trinajstić information content (AvgIpc) is 2.06. The molecule has 0 aliphatic heterocycles. The molecule has 2 heteroatoms. The smallest absolute Gasteiger partial charge is 0.149 e. The molecule has 66 valence electrons. The quantitative estimate of drug-likeness (QED) is 0.630. The molecule has 0 amide bonds. The van der Waals surface area contributed by atoms with Gasteiger partial charge in [0.1, 0.15) is 5.78 Å². The summed E-state index contributed by atoms with van der Waals surface area (Å²) in [7, 11) is 0. The standard InChI is InChI=1S/C10H15NO/c1-8-2-4-9(5-3-8)10(12)6-7-11/h8-9H,2-6H2,1H3. The van der Waals surface area contributed by atoms with E-state index >= 15 is 0 Å². The fraction of sp³-hybridized carbons (Fsp3) is 0.800. The molecule has 1 saturated carbocycles. The first-order valence-electron chi connectivity index (χ1n) is 4.63. The highest BCUT2D eigenvalue weighted by Crippen LogP contribution is 2.29. The van der Waals surface area contributed by atoms with Gasteiger partial charge in [0.05, 0.1) is 12.5 Å². The Morgan fingerprint density at radius 3 is 2.50 bits per heavy atom. The average molecular weight is 165 g/mol. The molecule has 1 aliphatic rings. The normalized spacial score (nSPS) is 29.3. The fourth-order valence-corrected chi connectivity index (χ4v) is 1.80. The number of ketones is 1. The molecule has 1 fully saturated rings. The summed E-state index contributed by atoms with van der Waals surface area (Å²) in [6, 6.07) is 1.93. The zero-order valence-corrected chi connectivity index (χ0v) is 7.55. The molecule has 12 heavy (non-hydrogen) atoms. The van der Waals surface area contributed by atoms with Crippen molar-refractivity contribution in [3.8, 4) is 6.07 Å². The lowest BCUT2D eigenvalue weighted by molar-refractivity contribution is -0.123. The first-order valence-corrected chi connectivity index (χ1v) is 4.63. The highest BCUT2D eigenvalue weighted by molar-refractivity contribution is 5.82. The number of Topliss-reactive ketones (excluding diaryl/α,β-unsaturated/α-hetero) is 1. The van der Waals surface area contributed by atoms with Crippen LogP contribution < -0.4 is 0 Å². The van der Waals surface area contributed by atoms with E-state index in [9.17, 15) is 4.79 Å². The van der Waals surface area contributed by atoms with E-state index in [4.69, 9.17) is 5.26 Å². The van der Waals surface area contributed by atoms with Crippen molar-refractivity contribution in [3.05, 3.63) is 0 Å². The maximum atomic E-state index is 11.3. The molecule has 0 aromatic carbocycles. The fourth-order valence-electron chi connectivity index (χ4n) is 1.80. The highest BCUT2D eigenvalue weighted by Gasteiger charge is 2.23. The first kappa shape index (κ1) is 9.25. The van der Waals surface area contributed by atoms with E-state index in [-0.39, 0.29) is 18.1 Å². The van der Waals surface area contributed by atoms with E-state index in [2.05, 4.69) is 6.92 Å². The Kier molecular flexibility index (Phi) is 3.28. The lowest BCUT2D eigenvalue weighted by Gasteiger charge is -2.24. The molecular formula is C10H15NO. The summed E-state index contributed by atoms with van der Waals surface area (Å²) < 4.78 is 0. The minimum absolute atomic E-state index is 0.110. The van der Waals surface area contributed by atoms with E-state index in [1.807, 2.05) is 6.07 Å². The molecule has 0 N–H and O–H groups in total. The summed E-state index contributed by atoms with van der Waals surface area (Å²) in [5.41, 5.74) is 0. The van der Waals surface area contributed by atoms with Gasteiger partial charge in [0, 0.05) is 5.92 Å². The van der Waals surface area contributed by atoms with E-state index in [1.54, 1.807) is 0 Å². The van der Waals surface area contributed by atoms with Crippen LogP contribution in [0.4, 0.5) is 0 Å². The summed E-state index contributed by atoms with van der Waals surface area (Å²) in [6.07, 6.45) is 4.42.